The summed E-state index contributed by atoms with van der Waals surface area (Å²) in [5, 5.41) is 0. The molecule has 0 heterocycles. The molecule has 0 aromatic heterocycles. The summed E-state index contributed by atoms with van der Waals surface area (Å²) < 4.78 is 27.3. The molecule has 0 aliphatic rings. The Bertz CT molecular complexity index is 148. The Kier molecular flexibility index (Phi) is 6.89. The second-order valence-electron chi connectivity index (χ2n) is 1.04. The van der Waals surface area contributed by atoms with Crippen LogP contribution in [0.4, 0.5) is 0 Å². The van der Waals surface area contributed by atoms with Crippen molar-refractivity contribution in [2.45, 2.75) is 0 Å². The van der Waals surface area contributed by atoms with E-state index in [0.717, 1.165) is 6.08 Å². The van der Waals surface area contributed by atoms with E-state index in [0.29, 0.717) is 0 Å². The second kappa shape index (κ2) is 4.73. The fourth-order valence-electron chi connectivity index (χ4n) is 0.149. The summed E-state index contributed by atoms with van der Waals surface area (Å²) in [6.07, 6.45) is 1.12. The normalized spacial score (nSPS) is 9.62. The van der Waals surface area contributed by atoms with Crippen LogP contribution in [0.15, 0.2) is 12.7 Å². The first-order chi connectivity index (χ1) is 3.06. The summed E-state index contributed by atoms with van der Waals surface area (Å²) in [4.78, 5) is 0. The van der Waals surface area contributed by atoms with Crippen molar-refractivity contribution in [1.82, 2.24) is 0 Å². The molecule has 0 aliphatic heterocycles. The van der Waals surface area contributed by atoms with Crippen molar-refractivity contribution in [2.24, 2.45) is 0 Å². The molecule has 55 valence electrons. The van der Waals surface area contributed by atoms with Crippen molar-refractivity contribution in [3.63, 3.8) is 0 Å². The molecule has 0 bridgehead atoms. The van der Waals surface area contributed by atoms with Gasteiger partial charge < -0.3 is 0 Å². The van der Waals surface area contributed by atoms with Crippen LogP contribution in [0.5, 0.6) is 0 Å². The van der Waals surface area contributed by atoms with Gasteiger partial charge in [-0.1, -0.05) is 6.08 Å². The molecular formula is C3H6O3STm. The third kappa shape index (κ3) is 9.99. The number of rotatable bonds is 2. The van der Waals surface area contributed by atoms with E-state index in [1.54, 1.807) is 0 Å². The molecule has 0 aromatic rings. The molecule has 0 rings (SSSR count). The maximum absolute atomic E-state index is 9.72. The van der Waals surface area contributed by atoms with Gasteiger partial charge in [0.05, 0.1) is 5.75 Å². The van der Waals surface area contributed by atoms with E-state index >= 15 is 0 Å². The predicted molar refractivity (Wildman–Crippen MR) is 26.6 cm³/mol. The van der Waals surface area contributed by atoms with Crippen molar-refractivity contribution < 1.29 is 49.8 Å². The molecule has 0 fully saturated rings. The quantitative estimate of drug-likeness (QED) is 0.578. The summed E-state index contributed by atoms with van der Waals surface area (Å²) in [6, 6.07) is 0. The van der Waals surface area contributed by atoms with Gasteiger partial charge in [0, 0.05) is 36.9 Å². The third-order valence-electron chi connectivity index (χ3n) is 0.328. The second-order valence-corrected chi connectivity index (χ2v) is 2.53. The van der Waals surface area contributed by atoms with Crippen molar-refractivity contribution >= 4 is 10.1 Å². The smallest absolute Gasteiger partial charge is 0.268 e. The van der Waals surface area contributed by atoms with Crippen LogP contribution in [0.2, 0.25) is 0 Å². The Morgan fingerprint density at radius 2 is 2.00 bits per heavy atom. The largest absolute Gasteiger partial charge is 0.285 e. The van der Waals surface area contributed by atoms with Crippen LogP contribution in [-0.4, -0.2) is 18.7 Å². The Morgan fingerprint density at radius 3 is 2.00 bits per heavy atom. The van der Waals surface area contributed by atoms with Crippen molar-refractivity contribution in [3.05, 3.63) is 12.7 Å². The van der Waals surface area contributed by atoms with Gasteiger partial charge in [0.1, 0.15) is 0 Å². The van der Waals surface area contributed by atoms with Gasteiger partial charge in [0.25, 0.3) is 10.1 Å². The molecule has 0 aromatic carbocycles. The van der Waals surface area contributed by atoms with Crippen LogP contribution in [0, 0.1) is 36.9 Å². The van der Waals surface area contributed by atoms with Crippen LogP contribution >= 0.6 is 0 Å². The Labute approximate surface area is 77.7 Å². The fourth-order valence-corrected chi connectivity index (χ4v) is 0.447. The Hall–Kier alpha value is 0.884. The topological polar surface area (TPSA) is 54.4 Å². The molecule has 0 unspecified atom stereocenters. The fraction of sp³-hybridized carbons (Fsp3) is 0.333. The average molecular weight is 291 g/mol. The zero-order chi connectivity index (χ0) is 5.91. The molecule has 0 atom stereocenters. The Morgan fingerprint density at radius 1 is 1.62 bits per heavy atom. The molecular weight excluding hydrogens is 285 g/mol. The van der Waals surface area contributed by atoms with Crippen LogP contribution in [-0.2, 0) is 10.1 Å². The summed E-state index contributed by atoms with van der Waals surface area (Å²) in [7, 11) is -3.79. The summed E-state index contributed by atoms with van der Waals surface area (Å²) in [5.41, 5.74) is 0. The van der Waals surface area contributed by atoms with Crippen LogP contribution < -0.4 is 0 Å². The van der Waals surface area contributed by atoms with E-state index < -0.39 is 10.1 Å². The van der Waals surface area contributed by atoms with Crippen LogP contribution in [0.25, 0.3) is 0 Å². The molecule has 0 saturated carbocycles. The zero-order valence-corrected chi connectivity index (χ0v) is 6.54. The number of hydrogen-bond acceptors (Lipinski definition) is 2. The van der Waals surface area contributed by atoms with Crippen LogP contribution in [0.1, 0.15) is 0 Å². The van der Waals surface area contributed by atoms with Gasteiger partial charge in [-0.15, -0.1) is 6.58 Å². The van der Waals surface area contributed by atoms with E-state index in [-0.39, 0.29) is 42.6 Å². The van der Waals surface area contributed by atoms with E-state index in [1.165, 1.54) is 0 Å². The number of hydrogen-bond donors (Lipinski definition) is 1. The zero-order valence-electron chi connectivity index (χ0n) is 3.94. The first-order valence-electron chi connectivity index (χ1n) is 1.62. The van der Waals surface area contributed by atoms with E-state index in [2.05, 4.69) is 6.58 Å². The minimum absolute atomic E-state index is 0. The molecule has 8 heavy (non-hydrogen) atoms. The minimum Gasteiger partial charge on any atom is -0.285 e. The van der Waals surface area contributed by atoms with Crippen molar-refractivity contribution in [3.8, 4) is 0 Å². The summed E-state index contributed by atoms with van der Waals surface area (Å²) in [6.45, 7) is 3.11. The SMILES string of the molecule is C=CCS(=O)(=O)O.[Tm]. The molecule has 1 N–H and O–H groups in total. The maximum atomic E-state index is 9.72. The average Bonchev–Trinajstić information content (AvgIpc) is 1.30. The van der Waals surface area contributed by atoms with Gasteiger partial charge in [-0.2, -0.15) is 8.42 Å². The standard InChI is InChI=1S/C3H6O3S.Tm/c1-2-3-7(4,5)6;/h2H,1,3H2,(H,4,5,6);. The van der Waals surface area contributed by atoms with Gasteiger partial charge in [-0.05, 0) is 0 Å². The minimum atomic E-state index is -3.79. The molecule has 0 amide bonds. The van der Waals surface area contributed by atoms with Crippen molar-refractivity contribution in [1.29, 1.82) is 0 Å². The Balaban J connectivity index is 0. The molecule has 3 nitrogen and oxygen atoms in total. The van der Waals surface area contributed by atoms with E-state index in [9.17, 15) is 8.42 Å². The van der Waals surface area contributed by atoms with Crippen LogP contribution in [0.3, 0.4) is 0 Å². The van der Waals surface area contributed by atoms with Gasteiger partial charge in [-0.3, -0.25) is 4.55 Å². The third-order valence-corrected chi connectivity index (χ3v) is 0.985. The predicted octanol–water partition coefficient (Wildman–Crippen LogP) is 0.0602. The van der Waals surface area contributed by atoms with E-state index in [4.69, 9.17) is 4.55 Å². The molecule has 1 radical (unpaired) electrons. The summed E-state index contributed by atoms with van der Waals surface area (Å²) >= 11 is 0. The van der Waals surface area contributed by atoms with Gasteiger partial charge in [0.2, 0.25) is 0 Å². The monoisotopic (exact) mass is 291 g/mol. The summed E-state index contributed by atoms with van der Waals surface area (Å²) in [5.74, 6) is -0.368. The molecule has 5 heteroatoms. The van der Waals surface area contributed by atoms with E-state index in [1.807, 2.05) is 0 Å². The van der Waals surface area contributed by atoms with Gasteiger partial charge in [-0.25, -0.2) is 0 Å². The molecule has 0 aliphatic carbocycles. The molecule has 0 saturated heterocycles. The first-order valence-corrected chi connectivity index (χ1v) is 3.23. The molecule has 0 spiro atoms. The van der Waals surface area contributed by atoms with Gasteiger partial charge >= 0.3 is 0 Å². The van der Waals surface area contributed by atoms with Gasteiger partial charge in [0.15, 0.2) is 0 Å². The van der Waals surface area contributed by atoms with Crippen molar-refractivity contribution in [2.75, 3.05) is 5.75 Å². The first kappa shape index (κ1) is 11.7. The maximum Gasteiger partial charge on any atom is 0.268 e.